The van der Waals surface area contributed by atoms with Crippen LogP contribution in [0.5, 0.6) is 5.75 Å². The lowest BCUT2D eigenvalue weighted by Crippen LogP contribution is -2.49. The van der Waals surface area contributed by atoms with Crippen molar-refractivity contribution in [3.05, 3.63) is 65.2 Å². The van der Waals surface area contributed by atoms with Crippen LogP contribution in [-0.4, -0.2) is 41.9 Å². The monoisotopic (exact) mass is 435 g/mol. The molecule has 2 rings (SSSR count). The molecule has 1 unspecified atom stereocenters. The van der Waals surface area contributed by atoms with Gasteiger partial charge in [-0.15, -0.1) is 15.9 Å². The summed E-state index contributed by atoms with van der Waals surface area (Å²) in [7, 11) is -4.16. The minimum atomic E-state index is -4.16. The number of sulfonamides is 1. The first-order chi connectivity index (χ1) is 13.7. The van der Waals surface area contributed by atoms with E-state index in [0.717, 1.165) is 6.26 Å². The van der Waals surface area contributed by atoms with E-state index < -0.39 is 27.9 Å². The van der Waals surface area contributed by atoms with Crippen LogP contribution >= 0.6 is 11.6 Å². The van der Waals surface area contributed by atoms with E-state index in [9.17, 15) is 23.1 Å². The molecule has 10 heteroatoms. The highest BCUT2D eigenvalue weighted by Gasteiger charge is 2.32. The highest BCUT2D eigenvalue weighted by molar-refractivity contribution is 7.89. The first-order valence-electron chi connectivity index (χ1n) is 8.33. The molecule has 0 spiro atoms. The Kier molecular flexibility index (Phi) is 7.20. The van der Waals surface area contributed by atoms with E-state index in [1.807, 2.05) is 0 Å². The molecule has 0 aliphatic heterocycles. The molecule has 2 aromatic carbocycles. The number of amides is 2. The molecule has 29 heavy (non-hydrogen) atoms. The van der Waals surface area contributed by atoms with Crippen molar-refractivity contribution in [2.75, 3.05) is 6.26 Å². The second-order valence-corrected chi connectivity index (χ2v) is 8.29. The molecular weight excluding hydrogens is 418 g/mol. The number of rotatable bonds is 7. The molecule has 0 saturated heterocycles. The number of nitriles is 1. The van der Waals surface area contributed by atoms with Crippen LogP contribution in [-0.2, 0) is 27.1 Å². The lowest BCUT2D eigenvalue weighted by atomic mass is 10.0. The van der Waals surface area contributed by atoms with Crippen molar-refractivity contribution in [2.45, 2.75) is 18.3 Å². The summed E-state index contributed by atoms with van der Waals surface area (Å²) in [5.41, 5.74) is 1.47. The van der Waals surface area contributed by atoms with E-state index in [-0.39, 0.29) is 27.9 Å². The molecule has 0 radical (unpaired) electrons. The number of benzene rings is 2. The number of phenols is 1. The highest BCUT2D eigenvalue weighted by atomic mass is 35.5. The van der Waals surface area contributed by atoms with Crippen LogP contribution in [0.2, 0.25) is 0 Å². The van der Waals surface area contributed by atoms with Gasteiger partial charge in [0, 0.05) is 17.9 Å². The minimum absolute atomic E-state index is 0.00772. The smallest absolute Gasteiger partial charge is 0.272 e. The Hall–Kier alpha value is -3.09. The highest BCUT2D eigenvalue weighted by Crippen LogP contribution is 2.14. The first kappa shape index (κ1) is 22.2. The summed E-state index contributed by atoms with van der Waals surface area (Å²) in [5.74, 6) is -1.52. The zero-order valence-electron chi connectivity index (χ0n) is 15.4. The van der Waals surface area contributed by atoms with Crippen LogP contribution in [0.4, 0.5) is 0 Å². The van der Waals surface area contributed by atoms with Crippen LogP contribution in [0.3, 0.4) is 0 Å². The predicted octanol–water partition coefficient (Wildman–Crippen LogP) is 1.74. The SMILES string of the molecule is CS(=O)(=O)N(C#N)C(=O)C(Cc1ccc(O)cc1)NC(=O)c1cccc(CCl)c1. The largest absolute Gasteiger partial charge is 0.508 e. The summed E-state index contributed by atoms with van der Waals surface area (Å²) in [6, 6.07) is 10.9. The lowest BCUT2D eigenvalue weighted by molar-refractivity contribution is -0.126. The minimum Gasteiger partial charge on any atom is -0.508 e. The van der Waals surface area contributed by atoms with Crippen LogP contribution in [0.25, 0.3) is 0 Å². The number of nitrogens with one attached hydrogen (secondary N) is 1. The standard InChI is InChI=1S/C19H18ClN3O5S/c1-29(27,28)23(12-21)19(26)17(10-13-5-7-16(24)8-6-13)22-18(25)15-4-2-3-14(9-15)11-20/h2-9,17,24H,10-11H2,1H3,(H,22,25). The molecular formula is C19H18ClN3O5S. The number of carbonyl (C=O) groups excluding carboxylic acids is 2. The number of aromatic hydroxyl groups is 1. The number of phenolic OH excluding ortho intramolecular Hbond substituents is 1. The van der Waals surface area contributed by atoms with Crippen molar-refractivity contribution in [1.29, 1.82) is 5.26 Å². The number of carbonyl (C=O) groups is 2. The average Bonchev–Trinajstić information content (AvgIpc) is 2.68. The summed E-state index contributed by atoms with van der Waals surface area (Å²) >= 11 is 5.77. The Balaban J connectivity index is 2.35. The normalized spacial score (nSPS) is 11.9. The van der Waals surface area contributed by atoms with Gasteiger partial charge in [-0.2, -0.15) is 5.26 Å². The zero-order chi connectivity index (χ0) is 21.6. The maximum atomic E-state index is 12.7. The maximum Gasteiger partial charge on any atom is 0.272 e. The van der Waals surface area contributed by atoms with E-state index in [0.29, 0.717) is 11.1 Å². The Morgan fingerprint density at radius 3 is 2.41 bits per heavy atom. The maximum absolute atomic E-state index is 12.7. The average molecular weight is 436 g/mol. The number of halogens is 1. The van der Waals surface area contributed by atoms with Gasteiger partial charge in [0.05, 0.1) is 6.26 Å². The summed E-state index contributed by atoms with van der Waals surface area (Å²) < 4.78 is 23.6. The van der Waals surface area contributed by atoms with Gasteiger partial charge in [-0.05, 0) is 35.4 Å². The Morgan fingerprint density at radius 1 is 1.21 bits per heavy atom. The summed E-state index contributed by atoms with van der Waals surface area (Å²) in [5, 5.41) is 21.0. The molecule has 152 valence electrons. The summed E-state index contributed by atoms with van der Waals surface area (Å²) in [6.07, 6.45) is 1.97. The number of hydrogen-bond donors (Lipinski definition) is 2. The fraction of sp³-hybridized carbons (Fsp3) is 0.211. The second-order valence-electron chi connectivity index (χ2n) is 6.20. The fourth-order valence-corrected chi connectivity index (χ4v) is 3.30. The molecule has 2 N–H and O–H groups in total. The third-order valence-corrected chi connectivity index (χ3v) is 5.18. The molecule has 8 nitrogen and oxygen atoms in total. The summed E-state index contributed by atoms with van der Waals surface area (Å²) in [6.45, 7) is 0. The zero-order valence-corrected chi connectivity index (χ0v) is 16.9. The number of alkyl halides is 1. The molecule has 0 aromatic heterocycles. The van der Waals surface area contributed by atoms with Crippen molar-refractivity contribution in [1.82, 2.24) is 9.62 Å². The number of hydrogen-bond acceptors (Lipinski definition) is 6. The quantitative estimate of drug-likeness (QED) is 0.387. The third kappa shape index (κ3) is 5.94. The van der Waals surface area contributed by atoms with E-state index in [2.05, 4.69) is 5.32 Å². The van der Waals surface area contributed by atoms with Crippen LogP contribution in [0.1, 0.15) is 21.5 Å². The van der Waals surface area contributed by atoms with Gasteiger partial charge in [0.2, 0.25) is 16.2 Å². The molecule has 1 atom stereocenters. The van der Waals surface area contributed by atoms with Crippen LogP contribution in [0, 0.1) is 11.5 Å². The van der Waals surface area contributed by atoms with Gasteiger partial charge in [0.1, 0.15) is 11.8 Å². The van der Waals surface area contributed by atoms with E-state index in [1.165, 1.54) is 36.5 Å². The molecule has 2 amide bonds. The lowest BCUT2D eigenvalue weighted by Gasteiger charge is -2.21. The van der Waals surface area contributed by atoms with Crippen molar-refractivity contribution in [2.24, 2.45) is 0 Å². The van der Waals surface area contributed by atoms with Gasteiger partial charge in [-0.25, -0.2) is 8.42 Å². The molecule has 0 fully saturated rings. The van der Waals surface area contributed by atoms with Gasteiger partial charge in [-0.1, -0.05) is 24.3 Å². The first-order valence-corrected chi connectivity index (χ1v) is 10.7. The van der Waals surface area contributed by atoms with Crippen molar-refractivity contribution in [3.8, 4) is 11.9 Å². The second kappa shape index (κ2) is 9.41. The number of nitrogens with zero attached hydrogens (tertiary/aromatic N) is 2. The van der Waals surface area contributed by atoms with Crippen molar-refractivity contribution >= 4 is 33.4 Å². The Bertz CT molecular complexity index is 1050. The van der Waals surface area contributed by atoms with Gasteiger partial charge < -0.3 is 10.4 Å². The Morgan fingerprint density at radius 2 is 1.86 bits per heavy atom. The van der Waals surface area contributed by atoms with Gasteiger partial charge in [0.15, 0.2) is 0 Å². The molecule has 0 bridgehead atoms. The van der Waals surface area contributed by atoms with Gasteiger partial charge >= 0.3 is 0 Å². The van der Waals surface area contributed by atoms with Gasteiger partial charge in [0.25, 0.3) is 11.8 Å². The van der Waals surface area contributed by atoms with Gasteiger partial charge in [-0.3, -0.25) is 9.59 Å². The van der Waals surface area contributed by atoms with Crippen molar-refractivity contribution < 1.29 is 23.1 Å². The van der Waals surface area contributed by atoms with Crippen LogP contribution < -0.4 is 5.32 Å². The predicted molar refractivity (Wildman–Crippen MR) is 106 cm³/mol. The third-order valence-electron chi connectivity index (χ3n) is 3.95. The van der Waals surface area contributed by atoms with Crippen LogP contribution in [0.15, 0.2) is 48.5 Å². The summed E-state index contributed by atoms with van der Waals surface area (Å²) in [4.78, 5) is 25.4. The molecule has 0 heterocycles. The topological polar surface area (TPSA) is 128 Å². The van der Waals surface area contributed by atoms with E-state index in [4.69, 9.17) is 16.9 Å². The molecule has 0 aliphatic rings. The fourth-order valence-electron chi connectivity index (χ4n) is 2.53. The Labute approximate surface area is 173 Å². The van der Waals surface area contributed by atoms with E-state index >= 15 is 0 Å². The van der Waals surface area contributed by atoms with E-state index in [1.54, 1.807) is 18.2 Å². The molecule has 2 aromatic rings. The molecule has 0 saturated carbocycles. The van der Waals surface area contributed by atoms with Crippen molar-refractivity contribution in [3.63, 3.8) is 0 Å². The molecule has 0 aliphatic carbocycles.